The number of hydrogen-bond donors (Lipinski definition) is 0. The predicted octanol–water partition coefficient (Wildman–Crippen LogP) is 10.6. The monoisotopic (exact) mass is 598 g/mol. The minimum atomic E-state index is -4.37. The van der Waals surface area contributed by atoms with E-state index in [0.717, 1.165) is 48.7 Å². The molecule has 0 aliphatic heterocycles. The van der Waals surface area contributed by atoms with Gasteiger partial charge in [0.05, 0.1) is 0 Å². The van der Waals surface area contributed by atoms with Crippen LogP contribution < -0.4 is 4.74 Å². The summed E-state index contributed by atoms with van der Waals surface area (Å²) in [5, 5.41) is 0. The van der Waals surface area contributed by atoms with Crippen LogP contribution in [0.5, 0.6) is 5.75 Å². The average molecular weight is 599 g/mol. The Morgan fingerprint density at radius 2 is 1.02 bits per heavy atom. The van der Waals surface area contributed by atoms with Crippen LogP contribution in [0.1, 0.15) is 24.5 Å². The molecule has 0 aromatic heterocycles. The normalized spacial score (nSPS) is 11.6. The molecule has 0 amide bonds. The molecule has 0 saturated carbocycles. The Balaban J connectivity index is 1.34. The molecule has 0 heterocycles. The van der Waals surface area contributed by atoms with E-state index in [1.165, 1.54) is 24.3 Å². The van der Waals surface area contributed by atoms with Gasteiger partial charge in [-0.3, -0.25) is 0 Å². The molecule has 5 aromatic rings. The van der Waals surface area contributed by atoms with Gasteiger partial charge in [-0.25, -0.2) is 26.3 Å². The molecule has 1 nitrogen and oxygen atoms in total. The van der Waals surface area contributed by atoms with Crippen LogP contribution in [0.3, 0.4) is 0 Å². The van der Waals surface area contributed by atoms with Gasteiger partial charge < -0.3 is 4.74 Å². The zero-order valence-electron chi connectivity index (χ0n) is 22.5. The maximum Gasteiger partial charge on any atom is 0.432 e. The second kappa shape index (κ2) is 11.9. The SMILES string of the molecule is CCCc1ccc(-c2cc(F)c(C(F)(F)Oc3ccc(-c4ccc(-c5cc(F)c(F)c(F)c5)c(F)c4)cc3)c(F)c2)cc1. The number of benzene rings is 5. The number of aryl methyl sites for hydroxylation is 1. The van der Waals surface area contributed by atoms with Crippen molar-refractivity contribution < 1.29 is 39.9 Å². The van der Waals surface area contributed by atoms with Gasteiger partial charge in [0, 0.05) is 5.56 Å². The van der Waals surface area contributed by atoms with Gasteiger partial charge >= 0.3 is 6.11 Å². The molecular weight excluding hydrogens is 576 g/mol. The average Bonchev–Trinajstić information content (AvgIpc) is 2.96. The van der Waals surface area contributed by atoms with Crippen LogP contribution in [-0.4, -0.2) is 0 Å². The Bertz CT molecular complexity index is 1730. The van der Waals surface area contributed by atoms with Gasteiger partial charge in [0.25, 0.3) is 0 Å². The zero-order valence-corrected chi connectivity index (χ0v) is 22.5. The van der Waals surface area contributed by atoms with E-state index < -0.39 is 52.3 Å². The molecule has 0 atom stereocenters. The quantitative estimate of drug-likeness (QED) is 0.128. The molecule has 0 unspecified atom stereocenters. The Labute approximate surface area is 242 Å². The van der Waals surface area contributed by atoms with Crippen molar-refractivity contribution in [2.45, 2.75) is 25.9 Å². The number of ether oxygens (including phenoxy) is 1. The van der Waals surface area contributed by atoms with Gasteiger partial charge in [-0.1, -0.05) is 61.9 Å². The molecular formula is C34H22F8O. The molecule has 0 N–H and O–H groups in total. The van der Waals surface area contributed by atoms with Crippen molar-refractivity contribution in [3.63, 3.8) is 0 Å². The molecule has 9 heteroatoms. The summed E-state index contributed by atoms with van der Waals surface area (Å²) >= 11 is 0. The third kappa shape index (κ3) is 6.26. The molecule has 0 aliphatic carbocycles. The molecule has 5 rings (SSSR count). The zero-order chi connectivity index (χ0) is 30.9. The summed E-state index contributed by atoms with van der Waals surface area (Å²) in [5.74, 6) is -8.88. The van der Waals surface area contributed by atoms with Gasteiger partial charge in [-0.2, -0.15) is 8.78 Å². The van der Waals surface area contributed by atoms with E-state index in [1.807, 2.05) is 6.92 Å². The lowest BCUT2D eigenvalue weighted by molar-refractivity contribution is -0.189. The minimum Gasteiger partial charge on any atom is -0.429 e. The summed E-state index contributed by atoms with van der Waals surface area (Å²) in [5.41, 5.74) is 0.265. The molecule has 0 saturated heterocycles. The highest BCUT2D eigenvalue weighted by Crippen LogP contribution is 2.38. The van der Waals surface area contributed by atoms with Gasteiger partial charge in [0.15, 0.2) is 17.5 Å². The number of halogens is 8. The molecule has 5 aromatic carbocycles. The fourth-order valence-electron chi connectivity index (χ4n) is 4.72. The molecule has 0 fully saturated rings. The van der Waals surface area contributed by atoms with Crippen molar-refractivity contribution in [2.24, 2.45) is 0 Å². The third-order valence-corrected chi connectivity index (χ3v) is 6.86. The summed E-state index contributed by atoms with van der Waals surface area (Å²) in [7, 11) is 0. The van der Waals surface area contributed by atoms with Crippen molar-refractivity contribution in [1.82, 2.24) is 0 Å². The summed E-state index contributed by atoms with van der Waals surface area (Å²) in [6.45, 7) is 2.02. The topological polar surface area (TPSA) is 9.23 Å². The maximum absolute atomic E-state index is 15.0. The smallest absolute Gasteiger partial charge is 0.429 e. The molecule has 43 heavy (non-hydrogen) atoms. The number of rotatable bonds is 8. The highest BCUT2D eigenvalue weighted by atomic mass is 19.3. The van der Waals surface area contributed by atoms with E-state index in [9.17, 15) is 35.1 Å². The fraction of sp³-hybridized carbons (Fsp3) is 0.118. The van der Waals surface area contributed by atoms with Crippen LogP contribution in [0, 0.1) is 34.9 Å². The van der Waals surface area contributed by atoms with Crippen molar-refractivity contribution in [1.29, 1.82) is 0 Å². The van der Waals surface area contributed by atoms with Crippen molar-refractivity contribution in [2.75, 3.05) is 0 Å². The first-order chi connectivity index (χ1) is 20.5. The molecule has 0 bridgehead atoms. The number of alkyl halides is 2. The molecule has 0 radical (unpaired) electrons. The van der Waals surface area contributed by atoms with Crippen LogP contribution in [-0.2, 0) is 12.5 Å². The van der Waals surface area contributed by atoms with Gasteiger partial charge in [0.1, 0.15) is 28.8 Å². The highest BCUT2D eigenvalue weighted by molar-refractivity contribution is 5.71. The van der Waals surface area contributed by atoms with E-state index in [0.29, 0.717) is 23.3 Å². The summed E-state index contributed by atoms with van der Waals surface area (Å²) in [4.78, 5) is 0. The van der Waals surface area contributed by atoms with Crippen LogP contribution in [0.15, 0.2) is 91.0 Å². The maximum atomic E-state index is 15.0. The first-order valence-electron chi connectivity index (χ1n) is 13.2. The Morgan fingerprint density at radius 3 is 1.58 bits per heavy atom. The first kappa shape index (κ1) is 29.8. The Hall–Kier alpha value is -4.66. The van der Waals surface area contributed by atoms with E-state index >= 15 is 0 Å². The van der Waals surface area contributed by atoms with E-state index in [-0.39, 0.29) is 22.3 Å². The lowest BCUT2D eigenvalue weighted by atomic mass is 9.99. The Kier molecular flexibility index (Phi) is 8.26. The molecule has 0 aliphatic rings. The van der Waals surface area contributed by atoms with Gasteiger partial charge in [0.2, 0.25) is 0 Å². The van der Waals surface area contributed by atoms with Crippen molar-refractivity contribution in [3.05, 3.63) is 137 Å². The minimum absolute atomic E-state index is 0.0925. The van der Waals surface area contributed by atoms with Crippen LogP contribution in [0.2, 0.25) is 0 Å². The second-order valence-corrected chi connectivity index (χ2v) is 9.85. The van der Waals surface area contributed by atoms with Gasteiger partial charge in [-0.15, -0.1) is 0 Å². The number of hydrogen-bond acceptors (Lipinski definition) is 1. The van der Waals surface area contributed by atoms with Crippen LogP contribution >= 0.6 is 0 Å². The summed E-state index contributed by atoms with van der Waals surface area (Å²) in [6, 6.07) is 18.4. The van der Waals surface area contributed by atoms with E-state index in [1.54, 1.807) is 24.3 Å². The first-order valence-corrected chi connectivity index (χ1v) is 13.2. The summed E-state index contributed by atoms with van der Waals surface area (Å²) < 4.78 is 120. The van der Waals surface area contributed by atoms with E-state index in [2.05, 4.69) is 4.74 Å². The van der Waals surface area contributed by atoms with Crippen molar-refractivity contribution in [3.8, 4) is 39.1 Å². The molecule has 220 valence electrons. The lowest BCUT2D eigenvalue weighted by Crippen LogP contribution is -2.25. The standard InChI is InChI=1S/C34H22F8O/c1-2-3-19-4-6-21(7-5-19)23-15-28(36)32(29(37)16-23)34(41,42)43-25-11-8-20(9-12-25)22-10-13-26(27(35)14-22)24-17-30(38)33(40)31(39)18-24/h4-18H,2-3H2,1H3. The van der Waals surface area contributed by atoms with Crippen molar-refractivity contribution >= 4 is 0 Å². The Morgan fingerprint density at radius 1 is 0.535 bits per heavy atom. The molecule has 0 spiro atoms. The van der Waals surface area contributed by atoms with Gasteiger partial charge in [-0.05, 0) is 82.3 Å². The highest BCUT2D eigenvalue weighted by Gasteiger charge is 2.41. The second-order valence-electron chi connectivity index (χ2n) is 9.85. The fourth-order valence-corrected chi connectivity index (χ4v) is 4.72. The predicted molar refractivity (Wildman–Crippen MR) is 147 cm³/mol. The lowest BCUT2D eigenvalue weighted by Gasteiger charge is -2.20. The third-order valence-electron chi connectivity index (χ3n) is 6.86. The van der Waals surface area contributed by atoms with E-state index in [4.69, 9.17) is 0 Å². The summed E-state index contributed by atoms with van der Waals surface area (Å²) in [6.07, 6.45) is -2.61. The largest absolute Gasteiger partial charge is 0.432 e. The van der Waals surface area contributed by atoms with Crippen LogP contribution in [0.25, 0.3) is 33.4 Å². The van der Waals surface area contributed by atoms with Crippen LogP contribution in [0.4, 0.5) is 35.1 Å².